The lowest BCUT2D eigenvalue weighted by molar-refractivity contribution is -0.605. The third kappa shape index (κ3) is 5.10. The average Bonchev–Trinajstić information content (AvgIpc) is 3.29. The number of hydrogen-bond donors (Lipinski definition) is 1. The van der Waals surface area contributed by atoms with Gasteiger partial charge in [-0.2, -0.15) is 4.73 Å². The zero-order valence-corrected chi connectivity index (χ0v) is 23.0. The molecule has 0 radical (unpaired) electrons. The maximum atomic E-state index is 14.0. The maximum absolute atomic E-state index is 14.0. The molecular formula is C34H30N4O3. The third-order valence-electron chi connectivity index (χ3n) is 7.68. The van der Waals surface area contributed by atoms with Gasteiger partial charge in [0.2, 0.25) is 0 Å². The van der Waals surface area contributed by atoms with Gasteiger partial charge in [0.15, 0.2) is 12.4 Å². The topological polar surface area (TPSA) is 81.3 Å². The number of para-hydroxylation sites is 1. The van der Waals surface area contributed by atoms with Crippen molar-refractivity contribution in [3.8, 4) is 11.1 Å². The Bertz CT molecular complexity index is 1790. The first-order chi connectivity index (χ1) is 19.9. The van der Waals surface area contributed by atoms with Crippen LogP contribution >= 0.6 is 0 Å². The molecule has 7 nitrogen and oxygen atoms in total. The summed E-state index contributed by atoms with van der Waals surface area (Å²) in [7, 11) is 0. The van der Waals surface area contributed by atoms with Gasteiger partial charge < -0.3 is 20.0 Å². The van der Waals surface area contributed by atoms with Gasteiger partial charge in [0.1, 0.15) is 5.69 Å². The van der Waals surface area contributed by atoms with E-state index in [0.29, 0.717) is 34.6 Å². The van der Waals surface area contributed by atoms with Crippen molar-refractivity contribution in [1.82, 2.24) is 9.88 Å². The highest BCUT2D eigenvalue weighted by molar-refractivity contribution is 6.07. The van der Waals surface area contributed by atoms with Gasteiger partial charge in [-0.15, -0.1) is 0 Å². The van der Waals surface area contributed by atoms with Gasteiger partial charge in [0.25, 0.3) is 11.8 Å². The molecule has 3 aromatic carbocycles. The van der Waals surface area contributed by atoms with Crippen LogP contribution in [0.3, 0.4) is 0 Å². The Morgan fingerprint density at radius 3 is 2.44 bits per heavy atom. The zero-order chi connectivity index (χ0) is 28.5. The minimum absolute atomic E-state index is 0.0903. The number of nitrogens with one attached hydrogen (secondary N) is 1. The SMILES string of the molecule is Cc1ccccc1-c1ccc(C(=O)N2Cc3ccc(C(=O)NCc4ccc[n+]([O-])c4)n3Cc3ccccc32)cc1C. The molecule has 2 amide bonds. The number of carbonyl (C=O) groups is 2. The Morgan fingerprint density at radius 2 is 1.63 bits per heavy atom. The molecule has 0 aliphatic carbocycles. The Labute approximate surface area is 238 Å². The fourth-order valence-electron chi connectivity index (χ4n) is 5.55. The first kappa shape index (κ1) is 26.1. The van der Waals surface area contributed by atoms with Gasteiger partial charge in [-0.05, 0) is 78.1 Å². The standard InChI is InChI=1S/C34H30N4O3/c1-23-8-3-5-11-29(23)30-15-13-26(18-24(30)2)34(40)38-22-28-14-16-32(37(28)21-27-10-4-6-12-31(27)38)33(39)35-19-25-9-7-17-36(41)20-25/h3-18,20H,19,21-22H2,1-2H3,(H,35,39). The van der Waals surface area contributed by atoms with E-state index in [0.717, 1.165) is 33.6 Å². The Balaban J connectivity index is 1.30. The van der Waals surface area contributed by atoms with Crippen LogP contribution in [-0.2, 0) is 19.6 Å². The number of carbonyl (C=O) groups excluding carboxylic acids is 2. The molecule has 1 N–H and O–H groups in total. The summed E-state index contributed by atoms with van der Waals surface area (Å²) < 4.78 is 2.68. The van der Waals surface area contributed by atoms with E-state index in [2.05, 4.69) is 24.4 Å². The van der Waals surface area contributed by atoms with Crippen LogP contribution in [0.1, 0.15) is 48.8 Å². The van der Waals surface area contributed by atoms with Crippen molar-refractivity contribution in [2.45, 2.75) is 33.5 Å². The van der Waals surface area contributed by atoms with E-state index in [9.17, 15) is 14.8 Å². The predicted molar refractivity (Wildman–Crippen MR) is 158 cm³/mol. The molecule has 0 bridgehead atoms. The summed E-state index contributed by atoms with van der Waals surface area (Å²) in [5, 5.41) is 14.5. The summed E-state index contributed by atoms with van der Waals surface area (Å²) in [5.74, 6) is -0.329. The lowest BCUT2D eigenvalue weighted by Crippen LogP contribution is -2.31. The molecule has 204 valence electrons. The van der Waals surface area contributed by atoms with Crippen molar-refractivity contribution >= 4 is 17.5 Å². The number of nitrogens with zero attached hydrogens (tertiary/aromatic N) is 3. The van der Waals surface area contributed by atoms with Crippen molar-refractivity contribution in [2.24, 2.45) is 0 Å². The summed E-state index contributed by atoms with van der Waals surface area (Å²) >= 11 is 0. The number of anilines is 1. The number of rotatable bonds is 5. The monoisotopic (exact) mass is 542 g/mol. The fraction of sp³-hybridized carbons (Fsp3) is 0.147. The van der Waals surface area contributed by atoms with E-state index >= 15 is 0 Å². The van der Waals surface area contributed by atoms with Crippen molar-refractivity contribution in [1.29, 1.82) is 0 Å². The molecule has 0 saturated heterocycles. The summed E-state index contributed by atoms with van der Waals surface area (Å²) in [4.78, 5) is 29.0. The van der Waals surface area contributed by atoms with E-state index in [-0.39, 0.29) is 18.4 Å². The van der Waals surface area contributed by atoms with Gasteiger partial charge in [0, 0.05) is 35.1 Å². The van der Waals surface area contributed by atoms with Crippen LogP contribution < -0.4 is 14.9 Å². The molecule has 0 saturated carbocycles. The van der Waals surface area contributed by atoms with Crippen LogP contribution in [0.4, 0.5) is 5.69 Å². The van der Waals surface area contributed by atoms with E-state index in [1.807, 2.05) is 72.2 Å². The number of amides is 2. The van der Waals surface area contributed by atoms with Crippen LogP contribution in [-0.4, -0.2) is 16.4 Å². The number of fused-ring (bicyclic) bond motifs is 2. The molecule has 1 aliphatic heterocycles. The van der Waals surface area contributed by atoms with Crippen LogP contribution in [0.2, 0.25) is 0 Å². The first-order valence-corrected chi connectivity index (χ1v) is 13.6. The minimum Gasteiger partial charge on any atom is -0.619 e. The predicted octanol–water partition coefficient (Wildman–Crippen LogP) is 5.54. The third-order valence-corrected chi connectivity index (χ3v) is 7.68. The molecule has 3 heterocycles. The molecular weight excluding hydrogens is 512 g/mol. The zero-order valence-electron chi connectivity index (χ0n) is 23.0. The normalized spacial score (nSPS) is 12.3. The number of benzene rings is 3. The number of aromatic nitrogens is 2. The molecule has 5 aromatic rings. The highest BCUT2D eigenvalue weighted by atomic mass is 16.5. The van der Waals surface area contributed by atoms with E-state index in [1.54, 1.807) is 23.1 Å². The molecule has 0 atom stereocenters. The smallest absolute Gasteiger partial charge is 0.268 e. The van der Waals surface area contributed by atoms with Gasteiger partial charge in [-0.3, -0.25) is 9.59 Å². The van der Waals surface area contributed by atoms with Crippen LogP contribution in [0.15, 0.2) is 103 Å². The molecule has 6 rings (SSSR count). The quantitative estimate of drug-likeness (QED) is 0.234. The van der Waals surface area contributed by atoms with Crippen LogP contribution in [0.5, 0.6) is 0 Å². The number of hydrogen-bond acceptors (Lipinski definition) is 3. The van der Waals surface area contributed by atoms with Gasteiger partial charge in [-0.25, -0.2) is 0 Å². The summed E-state index contributed by atoms with van der Waals surface area (Å²) in [6, 6.07) is 29.1. The lowest BCUT2D eigenvalue weighted by Gasteiger charge is -2.23. The van der Waals surface area contributed by atoms with Crippen molar-refractivity contribution < 1.29 is 14.3 Å². The van der Waals surface area contributed by atoms with Crippen molar-refractivity contribution in [2.75, 3.05) is 4.90 Å². The Kier molecular flexibility index (Phi) is 6.85. The molecule has 7 heteroatoms. The lowest BCUT2D eigenvalue weighted by atomic mass is 9.95. The summed E-state index contributed by atoms with van der Waals surface area (Å²) in [6.07, 6.45) is 2.84. The highest BCUT2D eigenvalue weighted by Crippen LogP contribution is 2.32. The molecule has 41 heavy (non-hydrogen) atoms. The molecule has 0 spiro atoms. The molecule has 0 unspecified atom stereocenters. The van der Waals surface area contributed by atoms with Crippen molar-refractivity contribution in [3.63, 3.8) is 0 Å². The second-order valence-electron chi connectivity index (χ2n) is 10.4. The highest BCUT2D eigenvalue weighted by Gasteiger charge is 2.27. The minimum atomic E-state index is -0.239. The van der Waals surface area contributed by atoms with Crippen LogP contribution in [0.25, 0.3) is 11.1 Å². The molecule has 1 aliphatic rings. The number of pyridine rings is 1. The van der Waals surface area contributed by atoms with Gasteiger partial charge >= 0.3 is 0 Å². The summed E-state index contributed by atoms with van der Waals surface area (Å²) in [5.41, 5.74) is 8.99. The van der Waals surface area contributed by atoms with E-state index in [1.165, 1.54) is 18.0 Å². The fourth-order valence-corrected chi connectivity index (χ4v) is 5.55. The molecule has 2 aromatic heterocycles. The second kappa shape index (κ2) is 10.8. The summed E-state index contributed by atoms with van der Waals surface area (Å²) in [6.45, 7) is 5.16. The van der Waals surface area contributed by atoms with E-state index < -0.39 is 0 Å². The maximum Gasteiger partial charge on any atom is 0.268 e. The van der Waals surface area contributed by atoms with Crippen LogP contribution in [0, 0.1) is 19.1 Å². The number of aryl methyl sites for hydroxylation is 2. The average molecular weight is 543 g/mol. The molecule has 0 fully saturated rings. The largest absolute Gasteiger partial charge is 0.619 e. The Morgan fingerprint density at radius 1 is 0.854 bits per heavy atom. The second-order valence-corrected chi connectivity index (χ2v) is 10.4. The van der Waals surface area contributed by atoms with Crippen molar-refractivity contribution in [3.05, 3.63) is 148 Å². The van der Waals surface area contributed by atoms with Gasteiger partial charge in [0.05, 0.1) is 13.1 Å². The van der Waals surface area contributed by atoms with E-state index in [4.69, 9.17) is 0 Å². The first-order valence-electron chi connectivity index (χ1n) is 13.6. The Hall–Kier alpha value is -5.17. The van der Waals surface area contributed by atoms with Gasteiger partial charge in [-0.1, -0.05) is 48.5 Å².